The van der Waals surface area contributed by atoms with E-state index in [-0.39, 0.29) is 5.69 Å². The van der Waals surface area contributed by atoms with Gasteiger partial charge in [-0.3, -0.25) is 10.1 Å². The van der Waals surface area contributed by atoms with Gasteiger partial charge in [0.15, 0.2) is 0 Å². The molecule has 1 aromatic carbocycles. The third-order valence-corrected chi connectivity index (χ3v) is 2.42. The molecule has 4 nitrogen and oxygen atoms in total. The van der Waals surface area contributed by atoms with Crippen LogP contribution in [-0.4, -0.2) is 11.5 Å². The highest BCUT2D eigenvalue weighted by molar-refractivity contribution is 6.32. The van der Waals surface area contributed by atoms with Crippen molar-refractivity contribution in [2.24, 2.45) is 0 Å². The molecule has 1 heterocycles. The molecule has 68 valence electrons. The van der Waals surface area contributed by atoms with E-state index >= 15 is 0 Å². The Balaban J connectivity index is 2.55. The van der Waals surface area contributed by atoms with E-state index in [0.29, 0.717) is 5.02 Å². The first-order valence-electron chi connectivity index (χ1n) is 3.89. The molecular weight excluding hydrogens is 192 g/mol. The minimum atomic E-state index is -0.438. The molecule has 1 aromatic rings. The maximum absolute atomic E-state index is 10.5. The maximum atomic E-state index is 10.5. The van der Waals surface area contributed by atoms with Gasteiger partial charge in [-0.2, -0.15) is 0 Å². The Labute approximate surface area is 79.7 Å². The number of nitrogens with one attached hydrogen (secondary N) is 1. The Morgan fingerprint density at radius 2 is 2.31 bits per heavy atom. The zero-order chi connectivity index (χ0) is 9.42. The van der Waals surface area contributed by atoms with Gasteiger partial charge in [0.05, 0.1) is 9.95 Å². The number of nitrogens with zero attached hydrogens (tertiary/aromatic N) is 1. The summed E-state index contributed by atoms with van der Waals surface area (Å²) in [6, 6.07) is 2.92. The van der Waals surface area contributed by atoms with Crippen LogP contribution in [0.4, 0.5) is 11.4 Å². The van der Waals surface area contributed by atoms with Crippen molar-refractivity contribution in [1.82, 2.24) is 0 Å². The fraction of sp³-hybridized carbons (Fsp3) is 0.250. The van der Waals surface area contributed by atoms with Gasteiger partial charge in [0.25, 0.3) is 5.69 Å². The van der Waals surface area contributed by atoms with Gasteiger partial charge in [-0.15, -0.1) is 0 Å². The SMILES string of the molecule is O=[N+]([O-])c1cc(Cl)c2c(c1)NCC2. The minimum Gasteiger partial charge on any atom is -0.384 e. The summed E-state index contributed by atoms with van der Waals surface area (Å²) in [4.78, 5) is 10.0. The second-order valence-corrected chi connectivity index (χ2v) is 3.29. The summed E-state index contributed by atoms with van der Waals surface area (Å²) in [7, 11) is 0. The van der Waals surface area contributed by atoms with E-state index in [4.69, 9.17) is 11.6 Å². The summed E-state index contributed by atoms with van der Waals surface area (Å²) in [5, 5.41) is 14.0. The molecule has 0 saturated heterocycles. The van der Waals surface area contributed by atoms with Crippen LogP contribution in [0.25, 0.3) is 0 Å². The summed E-state index contributed by atoms with van der Waals surface area (Å²) >= 11 is 5.87. The Morgan fingerprint density at radius 1 is 1.54 bits per heavy atom. The lowest BCUT2D eigenvalue weighted by molar-refractivity contribution is -0.384. The lowest BCUT2D eigenvalue weighted by atomic mass is 10.1. The molecule has 1 N–H and O–H groups in total. The average Bonchev–Trinajstić information content (AvgIpc) is 2.51. The summed E-state index contributed by atoms with van der Waals surface area (Å²) in [6.07, 6.45) is 0.839. The van der Waals surface area contributed by atoms with E-state index in [1.807, 2.05) is 0 Å². The second kappa shape index (κ2) is 2.88. The highest BCUT2D eigenvalue weighted by atomic mass is 35.5. The van der Waals surface area contributed by atoms with E-state index < -0.39 is 4.92 Å². The van der Waals surface area contributed by atoms with Crippen LogP contribution in [0.15, 0.2) is 12.1 Å². The Morgan fingerprint density at radius 3 is 3.00 bits per heavy atom. The molecule has 0 saturated carbocycles. The monoisotopic (exact) mass is 198 g/mol. The Kier molecular flexibility index (Phi) is 1.84. The number of anilines is 1. The number of nitro groups is 1. The fourth-order valence-corrected chi connectivity index (χ4v) is 1.77. The summed E-state index contributed by atoms with van der Waals surface area (Å²) in [6.45, 7) is 0.802. The first kappa shape index (κ1) is 8.31. The zero-order valence-electron chi connectivity index (χ0n) is 6.71. The highest BCUT2D eigenvalue weighted by Gasteiger charge is 2.18. The molecule has 0 fully saturated rings. The van der Waals surface area contributed by atoms with Crippen molar-refractivity contribution in [3.63, 3.8) is 0 Å². The molecule has 0 amide bonds. The van der Waals surface area contributed by atoms with Crippen molar-refractivity contribution in [3.05, 3.63) is 32.8 Å². The smallest absolute Gasteiger partial charge is 0.273 e. The van der Waals surface area contributed by atoms with E-state index in [0.717, 1.165) is 24.2 Å². The van der Waals surface area contributed by atoms with Crippen molar-refractivity contribution in [3.8, 4) is 0 Å². The molecule has 1 aliphatic rings. The molecule has 0 bridgehead atoms. The number of non-ortho nitro benzene ring substituents is 1. The van der Waals surface area contributed by atoms with Gasteiger partial charge >= 0.3 is 0 Å². The molecule has 1 aliphatic heterocycles. The number of fused-ring (bicyclic) bond motifs is 1. The van der Waals surface area contributed by atoms with Crippen molar-refractivity contribution >= 4 is 23.0 Å². The lowest BCUT2D eigenvalue weighted by Gasteiger charge is -2.01. The molecule has 0 spiro atoms. The maximum Gasteiger partial charge on any atom is 0.273 e. The molecule has 13 heavy (non-hydrogen) atoms. The quantitative estimate of drug-likeness (QED) is 0.556. The number of hydrogen-bond acceptors (Lipinski definition) is 3. The Bertz CT molecular complexity index is 379. The number of hydrogen-bond donors (Lipinski definition) is 1. The Hall–Kier alpha value is -1.29. The van der Waals surface area contributed by atoms with Crippen LogP contribution >= 0.6 is 11.6 Å². The van der Waals surface area contributed by atoms with Crippen molar-refractivity contribution < 1.29 is 4.92 Å². The van der Waals surface area contributed by atoms with Crippen LogP contribution in [0.5, 0.6) is 0 Å². The number of rotatable bonds is 1. The standard InChI is InChI=1S/C8H7ClN2O2/c9-7-3-5(11(12)13)4-8-6(7)1-2-10-8/h3-4,10H,1-2H2. The largest absolute Gasteiger partial charge is 0.384 e. The fourth-order valence-electron chi connectivity index (χ4n) is 1.46. The molecule has 5 heteroatoms. The first-order chi connectivity index (χ1) is 6.18. The summed E-state index contributed by atoms with van der Waals surface area (Å²) in [5.41, 5.74) is 1.81. The lowest BCUT2D eigenvalue weighted by Crippen LogP contribution is -1.92. The van der Waals surface area contributed by atoms with Gasteiger partial charge in [0, 0.05) is 24.4 Å². The van der Waals surface area contributed by atoms with Crippen LogP contribution in [0.2, 0.25) is 5.02 Å². The molecule has 2 rings (SSSR count). The molecule has 0 aliphatic carbocycles. The van der Waals surface area contributed by atoms with E-state index in [2.05, 4.69) is 5.32 Å². The predicted octanol–water partition coefficient (Wildman–Crippen LogP) is 2.22. The van der Waals surface area contributed by atoms with Crippen molar-refractivity contribution in [2.75, 3.05) is 11.9 Å². The van der Waals surface area contributed by atoms with Crippen LogP contribution in [0, 0.1) is 10.1 Å². The van der Waals surface area contributed by atoms with Gasteiger partial charge in [-0.1, -0.05) is 11.6 Å². The first-order valence-corrected chi connectivity index (χ1v) is 4.27. The minimum absolute atomic E-state index is 0.0400. The van der Waals surface area contributed by atoms with Gasteiger partial charge in [0.2, 0.25) is 0 Å². The zero-order valence-corrected chi connectivity index (χ0v) is 7.47. The molecular formula is C8H7ClN2O2. The van der Waals surface area contributed by atoms with E-state index in [1.165, 1.54) is 12.1 Å². The molecule has 0 aromatic heterocycles. The average molecular weight is 199 g/mol. The van der Waals surface area contributed by atoms with Gasteiger partial charge in [-0.25, -0.2) is 0 Å². The molecule has 0 radical (unpaired) electrons. The van der Waals surface area contributed by atoms with Crippen LogP contribution < -0.4 is 5.32 Å². The summed E-state index contributed by atoms with van der Waals surface area (Å²) < 4.78 is 0. The highest BCUT2D eigenvalue weighted by Crippen LogP contribution is 2.33. The van der Waals surface area contributed by atoms with Crippen molar-refractivity contribution in [2.45, 2.75) is 6.42 Å². The molecule has 0 atom stereocenters. The number of benzene rings is 1. The molecule has 0 unspecified atom stereocenters. The van der Waals surface area contributed by atoms with Gasteiger partial charge < -0.3 is 5.32 Å². The van der Waals surface area contributed by atoms with Crippen LogP contribution in [-0.2, 0) is 6.42 Å². The van der Waals surface area contributed by atoms with Crippen LogP contribution in [0.1, 0.15) is 5.56 Å². The van der Waals surface area contributed by atoms with Gasteiger partial charge in [0.1, 0.15) is 0 Å². The topological polar surface area (TPSA) is 55.2 Å². The van der Waals surface area contributed by atoms with E-state index in [1.54, 1.807) is 0 Å². The third-order valence-electron chi connectivity index (χ3n) is 2.08. The van der Waals surface area contributed by atoms with Crippen molar-refractivity contribution in [1.29, 1.82) is 0 Å². The normalized spacial score (nSPS) is 13.6. The van der Waals surface area contributed by atoms with Gasteiger partial charge in [-0.05, 0) is 12.0 Å². The number of nitro benzene ring substituents is 1. The number of halogens is 1. The summed E-state index contributed by atoms with van der Waals surface area (Å²) in [5.74, 6) is 0. The predicted molar refractivity (Wildman–Crippen MR) is 50.3 cm³/mol. The second-order valence-electron chi connectivity index (χ2n) is 2.89. The van der Waals surface area contributed by atoms with E-state index in [9.17, 15) is 10.1 Å². The van der Waals surface area contributed by atoms with Crippen LogP contribution in [0.3, 0.4) is 0 Å². The third kappa shape index (κ3) is 1.33.